The fourth-order valence-electron chi connectivity index (χ4n) is 4.47. The molecule has 36 heavy (non-hydrogen) atoms. The summed E-state index contributed by atoms with van der Waals surface area (Å²) in [5.41, 5.74) is 1.29. The van der Waals surface area contributed by atoms with Gasteiger partial charge in [0.25, 0.3) is 11.4 Å². The van der Waals surface area contributed by atoms with Crippen LogP contribution in [0.15, 0.2) is 52.0 Å². The van der Waals surface area contributed by atoms with E-state index in [1.54, 1.807) is 21.1 Å². The van der Waals surface area contributed by atoms with Crippen molar-refractivity contribution < 1.29 is 18.0 Å². The van der Waals surface area contributed by atoms with Crippen LogP contribution >= 0.6 is 11.6 Å². The highest BCUT2D eigenvalue weighted by Gasteiger charge is 2.23. The first kappa shape index (κ1) is 22.8. The molecule has 0 amide bonds. The van der Waals surface area contributed by atoms with E-state index in [0.717, 1.165) is 25.2 Å². The summed E-state index contributed by atoms with van der Waals surface area (Å²) in [4.78, 5) is 24.6. The molecule has 3 aromatic heterocycles. The number of morpholine rings is 1. The van der Waals surface area contributed by atoms with Crippen molar-refractivity contribution in [1.29, 1.82) is 0 Å². The average molecular weight is 513 g/mol. The van der Waals surface area contributed by atoms with Gasteiger partial charge in [0.1, 0.15) is 23.5 Å². The van der Waals surface area contributed by atoms with Crippen LogP contribution in [0.5, 0.6) is 0 Å². The lowest BCUT2D eigenvalue weighted by atomic mass is 10.2. The minimum Gasteiger partial charge on any atom is -0.379 e. The third-order valence-corrected chi connectivity index (χ3v) is 6.56. The summed E-state index contributed by atoms with van der Waals surface area (Å²) in [6, 6.07) is 8.43. The molecule has 1 aliphatic rings. The lowest BCUT2D eigenvalue weighted by Gasteiger charge is -2.27. The zero-order valence-corrected chi connectivity index (χ0v) is 19.6. The number of para-hydroxylation sites is 1. The van der Waals surface area contributed by atoms with Gasteiger partial charge in [-0.15, -0.1) is 0 Å². The zero-order valence-electron chi connectivity index (χ0n) is 18.8. The predicted molar refractivity (Wildman–Crippen MR) is 128 cm³/mol. The number of halogens is 3. The Bertz CT molecular complexity index is 1660. The molecule has 0 aliphatic carbocycles. The summed E-state index contributed by atoms with van der Waals surface area (Å²) in [6.45, 7) is 3.90. The monoisotopic (exact) mass is 512 g/mol. The van der Waals surface area contributed by atoms with Crippen molar-refractivity contribution in [1.82, 2.24) is 29.0 Å². The van der Waals surface area contributed by atoms with E-state index in [0.29, 0.717) is 42.4 Å². The molecule has 2 aromatic carbocycles. The van der Waals surface area contributed by atoms with Gasteiger partial charge in [0, 0.05) is 32.2 Å². The third kappa shape index (κ3) is 3.85. The molecule has 0 spiro atoms. The normalized spacial score (nSPS) is 14.8. The van der Waals surface area contributed by atoms with Crippen molar-refractivity contribution in [3.63, 3.8) is 0 Å². The van der Waals surface area contributed by atoms with E-state index in [1.165, 1.54) is 12.4 Å². The molecule has 1 aliphatic heterocycles. The standard InChI is InChI=1S/C24H19ClF2N6O3/c25-16-2-1-3-18-20(16)32(7-6-31-8-10-35-11-9-31)24(34)21-19(28-13-33(18)21)23-29-22(30-36-23)15-5-4-14(26)12-17(15)27/h1-5,12-13H,6-11H2. The van der Waals surface area contributed by atoms with E-state index >= 15 is 0 Å². The van der Waals surface area contributed by atoms with Gasteiger partial charge in [0.2, 0.25) is 5.82 Å². The number of nitrogens with zero attached hydrogens (tertiary/aromatic N) is 6. The van der Waals surface area contributed by atoms with E-state index in [4.69, 9.17) is 20.9 Å². The first-order chi connectivity index (χ1) is 17.5. The van der Waals surface area contributed by atoms with Crippen molar-refractivity contribution in [3.8, 4) is 23.0 Å². The number of aromatic nitrogens is 5. The van der Waals surface area contributed by atoms with Gasteiger partial charge in [-0.05, 0) is 24.3 Å². The van der Waals surface area contributed by atoms with Gasteiger partial charge in [-0.25, -0.2) is 13.8 Å². The molecular formula is C24H19ClF2N6O3. The highest BCUT2D eigenvalue weighted by molar-refractivity contribution is 6.35. The number of ether oxygens (including phenoxy) is 1. The molecule has 9 nitrogen and oxygen atoms in total. The Morgan fingerprint density at radius 1 is 1.06 bits per heavy atom. The van der Waals surface area contributed by atoms with Gasteiger partial charge in [0.05, 0.1) is 34.8 Å². The average Bonchev–Trinajstić information content (AvgIpc) is 3.53. The third-order valence-electron chi connectivity index (χ3n) is 6.25. The minimum atomic E-state index is -0.830. The zero-order chi connectivity index (χ0) is 24.8. The van der Waals surface area contributed by atoms with Gasteiger partial charge < -0.3 is 13.8 Å². The van der Waals surface area contributed by atoms with Crippen LogP contribution in [-0.4, -0.2) is 61.8 Å². The summed E-state index contributed by atoms with van der Waals surface area (Å²) >= 11 is 6.55. The smallest absolute Gasteiger partial charge is 0.279 e. The molecule has 0 saturated carbocycles. The van der Waals surface area contributed by atoms with Crippen LogP contribution in [0.4, 0.5) is 8.78 Å². The van der Waals surface area contributed by atoms with Crippen LogP contribution in [0.25, 0.3) is 39.5 Å². The summed E-state index contributed by atoms with van der Waals surface area (Å²) in [5.74, 6) is -1.69. The van der Waals surface area contributed by atoms with Crippen molar-refractivity contribution in [2.45, 2.75) is 6.54 Å². The van der Waals surface area contributed by atoms with E-state index < -0.39 is 11.6 Å². The van der Waals surface area contributed by atoms with Crippen molar-refractivity contribution in [2.75, 3.05) is 32.8 Å². The summed E-state index contributed by atoms with van der Waals surface area (Å²) in [7, 11) is 0. The number of imidazole rings is 1. The molecule has 0 atom stereocenters. The molecule has 0 N–H and O–H groups in total. The van der Waals surface area contributed by atoms with Crippen molar-refractivity contribution in [3.05, 3.63) is 69.7 Å². The van der Waals surface area contributed by atoms with Crippen molar-refractivity contribution in [2.24, 2.45) is 0 Å². The topological polar surface area (TPSA) is 90.7 Å². The Morgan fingerprint density at radius 2 is 1.89 bits per heavy atom. The predicted octanol–water partition coefficient (Wildman–Crippen LogP) is 3.63. The van der Waals surface area contributed by atoms with Crippen LogP contribution in [-0.2, 0) is 11.3 Å². The Labute approximate surface area is 207 Å². The maximum Gasteiger partial charge on any atom is 0.279 e. The first-order valence-corrected chi connectivity index (χ1v) is 11.7. The van der Waals surface area contributed by atoms with Gasteiger partial charge in [0.15, 0.2) is 5.69 Å². The molecular weight excluding hydrogens is 494 g/mol. The molecule has 1 fully saturated rings. The second kappa shape index (κ2) is 9.08. The molecule has 4 heterocycles. The van der Waals surface area contributed by atoms with Gasteiger partial charge in [-0.1, -0.05) is 22.8 Å². The molecule has 0 unspecified atom stereocenters. The number of benzene rings is 2. The summed E-state index contributed by atoms with van der Waals surface area (Å²) < 4.78 is 41.6. The molecule has 0 bridgehead atoms. The molecule has 1 saturated heterocycles. The minimum absolute atomic E-state index is 0.0323. The molecule has 184 valence electrons. The molecule has 5 aromatic rings. The van der Waals surface area contributed by atoms with Gasteiger partial charge in [-0.2, -0.15) is 4.98 Å². The highest BCUT2D eigenvalue weighted by Crippen LogP contribution is 2.29. The van der Waals surface area contributed by atoms with E-state index in [1.807, 2.05) is 6.07 Å². The lowest BCUT2D eigenvalue weighted by Crippen LogP contribution is -2.39. The van der Waals surface area contributed by atoms with Gasteiger partial charge in [-0.3, -0.25) is 14.1 Å². The fraction of sp³-hybridized carbons (Fsp3) is 0.250. The fourth-order valence-corrected chi connectivity index (χ4v) is 4.74. The second-order valence-electron chi connectivity index (χ2n) is 8.38. The van der Waals surface area contributed by atoms with E-state index in [-0.39, 0.29) is 34.0 Å². The Hall–Kier alpha value is -3.67. The van der Waals surface area contributed by atoms with Crippen LogP contribution in [0.2, 0.25) is 5.02 Å². The number of rotatable bonds is 5. The highest BCUT2D eigenvalue weighted by atomic mass is 35.5. The SMILES string of the molecule is O=c1c2c(-c3nc(-c4ccc(F)cc4F)no3)ncn2c2cccc(Cl)c2n1CCN1CCOCC1. The quantitative estimate of drug-likeness (QED) is 0.355. The summed E-state index contributed by atoms with van der Waals surface area (Å²) in [5, 5.41) is 4.26. The number of hydrogen-bond acceptors (Lipinski definition) is 7. The molecule has 6 rings (SSSR count). The van der Waals surface area contributed by atoms with Crippen LogP contribution < -0.4 is 5.56 Å². The second-order valence-corrected chi connectivity index (χ2v) is 8.78. The summed E-state index contributed by atoms with van der Waals surface area (Å²) in [6.07, 6.45) is 1.49. The Morgan fingerprint density at radius 3 is 2.69 bits per heavy atom. The Kier molecular flexibility index (Phi) is 5.75. The molecule has 12 heteroatoms. The lowest BCUT2D eigenvalue weighted by molar-refractivity contribution is 0.0364. The van der Waals surface area contributed by atoms with Crippen LogP contribution in [0, 0.1) is 11.6 Å². The number of hydrogen-bond donors (Lipinski definition) is 0. The van der Waals surface area contributed by atoms with Crippen LogP contribution in [0.1, 0.15) is 0 Å². The molecule has 0 radical (unpaired) electrons. The van der Waals surface area contributed by atoms with Crippen molar-refractivity contribution >= 4 is 28.2 Å². The number of fused-ring (bicyclic) bond motifs is 3. The van der Waals surface area contributed by atoms with Crippen LogP contribution in [0.3, 0.4) is 0 Å². The van der Waals surface area contributed by atoms with E-state index in [2.05, 4.69) is 20.0 Å². The maximum atomic E-state index is 14.2. The van der Waals surface area contributed by atoms with E-state index in [9.17, 15) is 13.6 Å². The largest absolute Gasteiger partial charge is 0.379 e. The maximum absolute atomic E-state index is 14.2. The first-order valence-electron chi connectivity index (χ1n) is 11.3. The Balaban J connectivity index is 1.48. The van der Waals surface area contributed by atoms with Gasteiger partial charge >= 0.3 is 0 Å².